The largest absolute Gasteiger partial charge is 0.475 e. The first-order valence-electron chi connectivity index (χ1n) is 7.91. The second-order valence-electron chi connectivity index (χ2n) is 6.26. The zero-order valence-electron chi connectivity index (χ0n) is 14.8. The van der Waals surface area contributed by atoms with Gasteiger partial charge in [0, 0.05) is 12.1 Å². The summed E-state index contributed by atoms with van der Waals surface area (Å²) in [6.45, 7) is 5.86. The van der Waals surface area contributed by atoms with Gasteiger partial charge in [0.2, 0.25) is 5.03 Å². The molecule has 2 aromatic heterocycles. The first-order chi connectivity index (χ1) is 12.2. The van der Waals surface area contributed by atoms with Crippen molar-refractivity contribution in [3.05, 3.63) is 29.0 Å². The van der Waals surface area contributed by atoms with Crippen LogP contribution < -0.4 is 4.74 Å². The van der Waals surface area contributed by atoms with Gasteiger partial charge in [-0.2, -0.15) is 0 Å². The smallest absolute Gasteiger partial charge is 0.264 e. The van der Waals surface area contributed by atoms with Crippen LogP contribution in [0.3, 0.4) is 0 Å². The Morgan fingerprint density at radius 2 is 1.92 bits per heavy atom. The third kappa shape index (κ3) is 3.36. The molecule has 1 aromatic carbocycles. The van der Waals surface area contributed by atoms with Crippen molar-refractivity contribution in [2.75, 3.05) is 6.61 Å². The average Bonchev–Trinajstić information content (AvgIpc) is 2.91. The van der Waals surface area contributed by atoms with Crippen LogP contribution in [0.2, 0.25) is 5.02 Å². The van der Waals surface area contributed by atoms with Crippen LogP contribution in [0.15, 0.2) is 28.4 Å². The third-order valence-corrected chi connectivity index (χ3v) is 5.51. The first-order valence-corrected chi connectivity index (χ1v) is 9.77. The van der Waals surface area contributed by atoms with Gasteiger partial charge >= 0.3 is 0 Å². The fourth-order valence-electron chi connectivity index (χ4n) is 2.22. The maximum Gasteiger partial charge on any atom is 0.264 e. The molecule has 0 spiro atoms. The minimum Gasteiger partial charge on any atom is -0.475 e. The van der Waals surface area contributed by atoms with E-state index in [1.807, 2.05) is 13.8 Å². The molecule has 138 valence electrons. The van der Waals surface area contributed by atoms with E-state index in [1.165, 1.54) is 4.57 Å². The fourth-order valence-corrected chi connectivity index (χ4v) is 3.75. The highest BCUT2D eigenvalue weighted by molar-refractivity contribution is 7.91. The molecule has 0 radical (unpaired) electrons. The van der Waals surface area contributed by atoms with Gasteiger partial charge in [-0.25, -0.2) is 18.4 Å². The number of ether oxygens (including phenoxy) is 1. The molecular weight excluding hydrogens is 378 g/mol. The molecule has 0 saturated carbocycles. The predicted molar refractivity (Wildman–Crippen MR) is 96.1 cm³/mol. The van der Waals surface area contributed by atoms with Crippen LogP contribution in [0, 0.1) is 12.8 Å². The summed E-state index contributed by atoms with van der Waals surface area (Å²) in [7, 11) is -2.50. The van der Waals surface area contributed by atoms with Gasteiger partial charge in [0.1, 0.15) is 5.82 Å². The van der Waals surface area contributed by atoms with Crippen LogP contribution in [-0.2, 0) is 16.9 Å². The molecule has 0 atom stereocenters. The van der Waals surface area contributed by atoms with Crippen molar-refractivity contribution < 1.29 is 13.2 Å². The summed E-state index contributed by atoms with van der Waals surface area (Å²) in [4.78, 5) is 8.61. The zero-order valence-corrected chi connectivity index (χ0v) is 16.3. The van der Waals surface area contributed by atoms with Gasteiger partial charge in [0.25, 0.3) is 20.9 Å². The van der Waals surface area contributed by atoms with E-state index in [1.54, 1.807) is 32.2 Å². The fraction of sp³-hybridized carbons (Fsp3) is 0.375. The molecule has 0 bridgehead atoms. The van der Waals surface area contributed by atoms with E-state index in [-0.39, 0.29) is 22.0 Å². The summed E-state index contributed by atoms with van der Waals surface area (Å²) in [6, 6.07) is 4.84. The van der Waals surface area contributed by atoms with Crippen LogP contribution in [0.25, 0.3) is 11.0 Å². The lowest BCUT2D eigenvalue weighted by Crippen LogP contribution is -2.15. The van der Waals surface area contributed by atoms with E-state index >= 15 is 0 Å². The summed E-state index contributed by atoms with van der Waals surface area (Å²) in [5, 5.41) is 7.56. The topological polar surface area (TPSA) is 99.9 Å². The minimum absolute atomic E-state index is 0.0749. The molecule has 10 heteroatoms. The summed E-state index contributed by atoms with van der Waals surface area (Å²) in [5.41, 5.74) is 0.841. The molecular formula is C16H18ClN5O3S. The molecule has 26 heavy (non-hydrogen) atoms. The van der Waals surface area contributed by atoms with Crippen LogP contribution >= 0.6 is 11.6 Å². The maximum absolute atomic E-state index is 13.1. The van der Waals surface area contributed by atoms with Crippen molar-refractivity contribution in [1.29, 1.82) is 0 Å². The summed E-state index contributed by atoms with van der Waals surface area (Å²) < 4.78 is 33.3. The van der Waals surface area contributed by atoms with Crippen molar-refractivity contribution in [3.8, 4) is 5.88 Å². The highest BCUT2D eigenvalue weighted by atomic mass is 35.5. The second kappa shape index (κ2) is 6.81. The van der Waals surface area contributed by atoms with Gasteiger partial charge in [-0.3, -0.25) is 0 Å². The summed E-state index contributed by atoms with van der Waals surface area (Å²) >= 11 is 6.00. The minimum atomic E-state index is -4.07. The van der Waals surface area contributed by atoms with Crippen molar-refractivity contribution in [3.63, 3.8) is 0 Å². The molecule has 8 nitrogen and oxygen atoms in total. The van der Waals surface area contributed by atoms with Gasteiger partial charge in [-0.15, -0.1) is 10.2 Å². The standard InChI is InChI=1S/C16H18ClN5O3S/c1-9(2)8-25-14-15(19-12-6-5-11(17)7-13(12)18-14)26(23,24)16-21-20-10(3)22(16)4/h5-7,9H,8H2,1-4H3. The van der Waals surface area contributed by atoms with E-state index < -0.39 is 9.84 Å². The molecule has 3 rings (SSSR count). The number of aryl methyl sites for hydroxylation is 1. The average molecular weight is 396 g/mol. The number of rotatable bonds is 5. The highest BCUT2D eigenvalue weighted by Crippen LogP contribution is 2.29. The van der Waals surface area contributed by atoms with Gasteiger partial charge in [0.15, 0.2) is 0 Å². The van der Waals surface area contributed by atoms with Crippen molar-refractivity contribution in [2.24, 2.45) is 13.0 Å². The number of benzene rings is 1. The molecule has 0 aliphatic rings. The molecule has 0 unspecified atom stereocenters. The Kier molecular flexibility index (Phi) is 4.85. The summed E-state index contributed by atoms with van der Waals surface area (Å²) in [5.74, 6) is 0.572. The Morgan fingerprint density at radius 1 is 1.19 bits per heavy atom. The lowest BCUT2D eigenvalue weighted by atomic mass is 10.2. The predicted octanol–water partition coefficient (Wildman–Crippen LogP) is 2.59. The Labute approximate surface area is 156 Å². The zero-order chi connectivity index (χ0) is 19.1. The SMILES string of the molecule is Cc1nnc(S(=O)(=O)c2nc3ccc(Cl)cc3nc2OCC(C)C)n1C. The second-order valence-corrected chi connectivity index (χ2v) is 8.46. The number of sulfone groups is 1. The lowest BCUT2D eigenvalue weighted by Gasteiger charge is -2.12. The molecule has 0 saturated heterocycles. The molecule has 0 amide bonds. The van der Waals surface area contributed by atoms with Gasteiger partial charge in [-0.1, -0.05) is 25.4 Å². The lowest BCUT2D eigenvalue weighted by molar-refractivity contribution is 0.253. The molecule has 0 fully saturated rings. The van der Waals surface area contributed by atoms with Gasteiger partial charge in [0.05, 0.1) is 17.6 Å². The van der Waals surface area contributed by atoms with E-state index in [0.29, 0.717) is 28.5 Å². The number of nitrogens with zero attached hydrogens (tertiary/aromatic N) is 5. The first kappa shape index (κ1) is 18.5. The number of hydrogen-bond acceptors (Lipinski definition) is 7. The van der Waals surface area contributed by atoms with Crippen LogP contribution in [0.1, 0.15) is 19.7 Å². The van der Waals surface area contributed by atoms with Crippen molar-refractivity contribution in [1.82, 2.24) is 24.7 Å². The quantitative estimate of drug-likeness (QED) is 0.654. The van der Waals surface area contributed by atoms with Gasteiger partial charge in [-0.05, 0) is 31.0 Å². The highest BCUT2D eigenvalue weighted by Gasteiger charge is 2.31. The van der Waals surface area contributed by atoms with Crippen LogP contribution in [-0.4, -0.2) is 39.8 Å². The van der Waals surface area contributed by atoms with Crippen LogP contribution in [0.5, 0.6) is 5.88 Å². The van der Waals surface area contributed by atoms with E-state index in [2.05, 4.69) is 20.2 Å². The number of hydrogen-bond donors (Lipinski definition) is 0. The molecule has 0 aliphatic carbocycles. The van der Waals surface area contributed by atoms with Crippen molar-refractivity contribution >= 4 is 32.5 Å². The van der Waals surface area contributed by atoms with Crippen molar-refractivity contribution in [2.45, 2.75) is 31.0 Å². The Hall–Kier alpha value is -2.26. The Bertz CT molecular complexity index is 1080. The number of aromatic nitrogens is 5. The maximum atomic E-state index is 13.1. The third-order valence-electron chi connectivity index (χ3n) is 3.67. The van der Waals surface area contributed by atoms with E-state index in [9.17, 15) is 8.42 Å². The molecule has 0 aliphatic heterocycles. The van der Waals surface area contributed by atoms with Crippen LogP contribution in [0.4, 0.5) is 0 Å². The summed E-state index contributed by atoms with van der Waals surface area (Å²) in [6.07, 6.45) is 0. The number of fused-ring (bicyclic) bond motifs is 1. The van der Waals surface area contributed by atoms with E-state index in [4.69, 9.17) is 16.3 Å². The Morgan fingerprint density at radius 3 is 2.54 bits per heavy atom. The molecule has 0 N–H and O–H groups in total. The normalized spacial score (nSPS) is 12.1. The monoisotopic (exact) mass is 395 g/mol. The molecule has 2 heterocycles. The molecule has 3 aromatic rings. The van der Waals surface area contributed by atoms with Gasteiger partial charge < -0.3 is 9.30 Å². The Balaban J connectivity index is 2.23. The number of halogens is 1. The van der Waals surface area contributed by atoms with E-state index in [0.717, 1.165) is 0 Å².